The number of carbonyl (C=O) groups excluding carboxylic acids is 1. The lowest BCUT2D eigenvalue weighted by Crippen LogP contribution is -2.46. The number of hydrogen-bond acceptors (Lipinski definition) is 6. The smallest absolute Gasteiger partial charge is 0.268 e. The molecule has 85 heavy (non-hydrogen) atoms. The molecule has 3 unspecified atom stereocenters. The Morgan fingerprint density at radius 3 is 1.05 bits per heavy atom. The first-order valence-electron chi connectivity index (χ1n) is 37.1. The van der Waals surface area contributed by atoms with Crippen LogP contribution in [0.15, 0.2) is 60.8 Å². The molecule has 0 saturated carbocycles. The first kappa shape index (κ1) is 83.2. The molecule has 0 bridgehead atoms. The highest BCUT2D eigenvalue weighted by Crippen LogP contribution is 2.38. The van der Waals surface area contributed by atoms with Gasteiger partial charge < -0.3 is 28.8 Å². The van der Waals surface area contributed by atoms with Gasteiger partial charge in [-0.15, -0.1) is 0 Å². The van der Waals surface area contributed by atoms with E-state index >= 15 is 0 Å². The van der Waals surface area contributed by atoms with Crippen molar-refractivity contribution in [1.29, 1.82) is 0 Å². The Labute approximate surface area is 530 Å². The molecule has 1 amide bonds. The molecular weight excluding hydrogens is 1070 g/mol. The van der Waals surface area contributed by atoms with Gasteiger partial charge in [0, 0.05) is 6.42 Å². The van der Waals surface area contributed by atoms with Gasteiger partial charge in [0.1, 0.15) is 13.2 Å². The summed E-state index contributed by atoms with van der Waals surface area (Å²) in [4.78, 5) is 25.7. The molecular formula is C76H145N2O6P. The summed E-state index contributed by atoms with van der Waals surface area (Å²) in [5.74, 6) is -0.157. The van der Waals surface area contributed by atoms with Gasteiger partial charge in [0.15, 0.2) is 0 Å². The van der Waals surface area contributed by atoms with Crippen LogP contribution in [0.5, 0.6) is 0 Å². The molecule has 0 aromatic heterocycles. The molecule has 0 heterocycles. The van der Waals surface area contributed by atoms with E-state index in [0.29, 0.717) is 23.9 Å². The van der Waals surface area contributed by atoms with Gasteiger partial charge in [0.05, 0.1) is 39.9 Å². The predicted octanol–water partition coefficient (Wildman–Crippen LogP) is 23.3. The van der Waals surface area contributed by atoms with Crippen molar-refractivity contribution in [2.24, 2.45) is 0 Å². The summed E-state index contributed by atoms with van der Waals surface area (Å²) >= 11 is 0. The largest absolute Gasteiger partial charge is 0.756 e. The Morgan fingerprint density at radius 2 is 0.718 bits per heavy atom. The number of quaternary nitrogens is 1. The van der Waals surface area contributed by atoms with Crippen molar-refractivity contribution in [2.45, 2.75) is 379 Å². The van der Waals surface area contributed by atoms with Crippen molar-refractivity contribution in [2.75, 3.05) is 40.9 Å². The van der Waals surface area contributed by atoms with Crippen molar-refractivity contribution in [3.05, 3.63) is 60.8 Å². The van der Waals surface area contributed by atoms with E-state index in [0.717, 1.165) is 70.6 Å². The molecule has 0 aromatic carbocycles. The highest BCUT2D eigenvalue weighted by molar-refractivity contribution is 7.45. The van der Waals surface area contributed by atoms with E-state index in [1.807, 2.05) is 21.1 Å². The molecule has 3 atom stereocenters. The molecule has 0 aliphatic heterocycles. The second-order valence-electron chi connectivity index (χ2n) is 26.6. The van der Waals surface area contributed by atoms with E-state index in [1.54, 1.807) is 0 Å². The van der Waals surface area contributed by atoms with Gasteiger partial charge in [0.25, 0.3) is 7.82 Å². The van der Waals surface area contributed by atoms with Crippen LogP contribution in [0, 0.1) is 0 Å². The number of aliphatic hydroxyl groups excluding tert-OH is 1. The second-order valence-corrected chi connectivity index (χ2v) is 28.0. The number of amides is 1. The molecule has 0 radical (unpaired) electrons. The monoisotopic (exact) mass is 1210 g/mol. The van der Waals surface area contributed by atoms with Gasteiger partial charge >= 0.3 is 0 Å². The fourth-order valence-corrected chi connectivity index (χ4v) is 12.0. The van der Waals surface area contributed by atoms with Crippen LogP contribution in [0.3, 0.4) is 0 Å². The molecule has 0 aromatic rings. The normalized spacial score (nSPS) is 13.9. The van der Waals surface area contributed by atoms with Gasteiger partial charge in [-0.1, -0.05) is 364 Å². The van der Waals surface area contributed by atoms with Crippen LogP contribution in [-0.4, -0.2) is 68.5 Å². The molecule has 9 heteroatoms. The summed E-state index contributed by atoms with van der Waals surface area (Å²) < 4.78 is 23.6. The Balaban J connectivity index is 3.95. The highest BCUT2D eigenvalue weighted by atomic mass is 31.2. The summed E-state index contributed by atoms with van der Waals surface area (Å²) in [5.41, 5.74) is 0. The SMILES string of the molecule is CC/C=C\C/C=C\C/C=C\C/C=C\C/C=C\CCCCCCCCCCCCCCCCCCCCCCCC(=O)NC(COP(=O)([O-])OCC[N+](C)(C)C)C(O)CCCCCCCCCCCCCCCCCCCCCCCCCCCC. The summed E-state index contributed by atoms with van der Waals surface area (Å²) in [6.45, 7) is 4.66. The lowest BCUT2D eigenvalue weighted by atomic mass is 10.0. The van der Waals surface area contributed by atoms with E-state index in [-0.39, 0.29) is 19.1 Å². The predicted molar refractivity (Wildman–Crippen MR) is 371 cm³/mol. The Kier molecular flexibility index (Phi) is 65.2. The van der Waals surface area contributed by atoms with E-state index < -0.39 is 20.0 Å². The third-order valence-corrected chi connectivity index (χ3v) is 18.0. The number of nitrogens with zero attached hydrogens (tertiary/aromatic N) is 1. The number of allylic oxidation sites excluding steroid dienone is 10. The summed E-state index contributed by atoms with van der Waals surface area (Å²) in [6.07, 6.45) is 91.7. The molecule has 0 rings (SSSR count). The van der Waals surface area contributed by atoms with Crippen LogP contribution in [0.2, 0.25) is 0 Å². The maximum Gasteiger partial charge on any atom is 0.268 e. The zero-order valence-corrected chi connectivity index (χ0v) is 58.2. The molecule has 0 aliphatic rings. The Hall–Kier alpha value is -1.80. The van der Waals surface area contributed by atoms with Gasteiger partial charge in [0.2, 0.25) is 5.91 Å². The van der Waals surface area contributed by atoms with Gasteiger partial charge in [-0.05, 0) is 57.8 Å². The first-order chi connectivity index (χ1) is 41.5. The molecule has 0 spiro atoms. The number of rotatable bonds is 69. The zero-order valence-electron chi connectivity index (χ0n) is 57.3. The Morgan fingerprint density at radius 1 is 0.424 bits per heavy atom. The number of likely N-dealkylation sites (N-methyl/N-ethyl adjacent to an activating group) is 1. The quantitative estimate of drug-likeness (QED) is 0.0272. The van der Waals surface area contributed by atoms with Crippen molar-refractivity contribution >= 4 is 13.7 Å². The lowest BCUT2D eigenvalue weighted by molar-refractivity contribution is -0.870. The number of hydrogen-bond donors (Lipinski definition) is 2. The minimum absolute atomic E-state index is 0.0136. The van der Waals surface area contributed by atoms with E-state index in [1.165, 1.54) is 270 Å². The summed E-state index contributed by atoms with van der Waals surface area (Å²) in [7, 11) is 1.32. The summed E-state index contributed by atoms with van der Waals surface area (Å²) in [6, 6.07) is -0.802. The lowest BCUT2D eigenvalue weighted by Gasteiger charge is -2.30. The van der Waals surface area contributed by atoms with Crippen molar-refractivity contribution in [1.82, 2.24) is 5.32 Å². The van der Waals surface area contributed by atoms with Crippen LogP contribution in [0.25, 0.3) is 0 Å². The van der Waals surface area contributed by atoms with Gasteiger partial charge in [-0.2, -0.15) is 0 Å². The molecule has 8 nitrogen and oxygen atoms in total. The number of aliphatic hydroxyl groups is 1. The average Bonchev–Trinajstić information content (AvgIpc) is 3.49. The average molecular weight is 1210 g/mol. The minimum Gasteiger partial charge on any atom is -0.756 e. The number of nitrogens with one attached hydrogen (secondary N) is 1. The van der Waals surface area contributed by atoms with Crippen molar-refractivity contribution < 1.29 is 32.9 Å². The van der Waals surface area contributed by atoms with E-state index in [2.05, 4.69) is 79.9 Å². The fourth-order valence-electron chi connectivity index (χ4n) is 11.3. The van der Waals surface area contributed by atoms with E-state index in [4.69, 9.17) is 9.05 Å². The van der Waals surface area contributed by atoms with Gasteiger partial charge in [-0.25, -0.2) is 0 Å². The van der Waals surface area contributed by atoms with Crippen LogP contribution >= 0.6 is 7.82 Å². The standard InChI is InChI=1S/C76H145N2O6P/c1-6-8-10-12-14-16-18-20-22-24-26-28-30-32-34-35-36-37-38-39-40-41-42-43-44-46-48-50-52-54-56-58-60-62-64-66-68-70-76(80)77-74(73-84-85(81,82)83-72-71-78(3,4)5)75(79)69-67-65-63-61-59-57-55-53-51-49-47-45-33-31-29-27-25-23-21-19-17-15-13-11-9-7-2/h8,10,14,16,20,22,26,28,32,34,74-75,79H,6-7,9,11-13,15,17-19,21,23-25,27,29-31,33,35-73H2,1-5H3,(H-,77,80,81,82)/b10-8-,16-14-,22-20-,28-26-,34-32-. The third-order valence-electron chi connectivity index (χ3n) is 17.0. The topological polar surface area (TPSA) is 108 Å². The minimum atomic E-state index is -4.58. The number of phosphoric ester groups is 1. The molecule has 0 fully saturated rings. The maximum absolute atomic E-state index is 13.1. The highest BCUT2D eigenvalue weighted by Gasteiger charge is 2.24. The molecule has 2 N–H and O–H groups in total. The van der Waals surface area contributed by atoms with Crippen LogP contribution in [0.4, 0.5) is 0 Å². The second kappa shape index (κ2) is 66.6. The van der Waals surface area contributed by atoms with Gasteiger partial charge in [-0.3, -0.25) is 9.36 Å². The number of carbonyl (C=O) groups is 1. The van der Waals surface area contributed by atoms with Crippen LogP contribution in [-0.2, 0) is 18.4 Å². The number of unbranched alkanes of at least 4 members (excludes halogenated alkanes) is 46. The van der Waals surface area contributed by atoms with Crippen LogP contribution in [0.1, 0.15) is 367 Å². The van der Waals surface area contributed by atoms with Crippen LogP contribution < -0.4 is 10.2 Å². The number of phosphoric acid groups is 1. The fraction of sp³-hybridized carbons (Fsp3) is 0.855. The van der Waals surface area contributed by atoms with Crippen molar-refractivity contribution in [3.63, 3.8) is 0 Å². The van der Waals surface area contributed by atoms with E-state index in [9.17, 15) is 19.4 Å². The maximum atomic E-state index is 13.1. The summed E-state index contributed by atoms with van der Waals surface area (Å²) in [5, 5.41) is 14.1. The first-order valence-corrected chi connectivity index (χ1v) is 38.6. The molecule has 500 valence electrons. The molecule has 0 saturated heterocycles. The Bertz CT molecular complexity index is 1570. The van der Waals surface area contributed by atoms with Crippen molar-refractivity contribution in [3.8, 4) is 0 Å². The third kappa shape index (κ3) is 69.5. The molecule has 0 aliphatic carbocycles. The zero-order chi connectivity index (χ0) is 61.9.